The molecule has 0 spiro atoms. The zero-order valence-corrected chi connectivity index (χ0v) is 12.0. The second-order valence-corrected chi connectivity index (χ2v) is 4.97. The molecule has 1 saturated heterocycles. The first-order valence-electron chi connectivity index (χ1n) is 6.56. The molecule has 2 heterocycles. The van der Waals surface area contributed by atoms with Gasteiger partial charge in [0.15, 0.2) is 11.6 Å². The minimum atomic E-state index is -0.571. The molecule has 1 aromatic rings. The third-order valence-electron chi connectivity index (χ3n) is 3.04. The molecule has 1 fully saturated rings. The first kappa shape index (κ1) is 15.0. The molecule has 7 heteroatoms. The molecule has 20 heavy (non-hydrogen) atoms. The number of rotatable bonds is 4. The molecule has 1 aliphatic heterocycles. The van der Waals surface area contributed by atoms with E-state index in [1.54, 1.807) is 4.90 Å². The molecule has 0 bridgehead atoms. The number of nitrogens with zero attached hydrogens (tertiary/aromatic N) is 2. The second-order valence-electron chi connectivity index (χ2n) is 4.53. The third kappa shape index (κ3) is 3.37. The first-order valence-corrected chi connectivity index (χ1v) is 6.94. The van der Waals surface area contributed by atoms with E-state index in [4.69, 9.17) is 16.3 Å². The number of hydrogen-bond acceptors (Lipinski definition) is 4. The normalized spacial score (nSPS) is 18.9. The van der Waals surface area contributed by atoms with E-state index in [-0.39, 0.29) is 23.4 Å². The van der Waals surface area contributed by atoms with Crippen LogP contribution in [0, 0.1) is 5.82 Å². The lowest BCUT2D eigenvalue weighted by Gasteiger charge is -2.35. The van der Waals surface area contributed by atoms with E-state index >= 15 is 0 Å². The van der Waals surface area contributed by atoms with Crippen molar-refractivity contribution in [2.24, 2.45) is 0 Å². The fourth-order valence-electron chi connectivity index (χ4n) is 2.06. The molecule has 0 aliphatic carbocycles. The number of amides is 1. The maximum absolute atomic E-state index is 14.0. The average Bonchev–Trinajstić information content (AvgIpc) is 2.45. The van der Waals surface area contributed by atoms with Gasteiger partial charge in [-0.05, 0) is 12.5 Å². The van der Waals surface area contributed by atoms with Crippen molar-refractivity contribution in [3.05, 3.63) is 23.1 Å². The Kier molecular flexibility index (Phi) is 5.14. The van der Waals surface area contributed by atoms with Crippen LogP contribution >= 0.6 is 11.6 Å². The van der Waals surface area contributed by atoms with E-state index in [1.165, 1.54) is 12.3 Å². The zero-order valence-electron chi connectivity index (χ0n) is 11.2. The van der Waals surface area contributed by atoms with Crippen molar-refractivity contribution in [2.45, 2.75) is 19.4 Å². The van der Waals surface area contributed by atoms with Gasteiger partial charge in [-0.25, -0.2) is 9.37 Å². The summed E-state index contributed by atoms with van der Waals surface area (Å²) in [6.45, 7) is 3.62. The van der Waals surface area contributed by atoms with E-state index < -0.39 is 11.9 Å². The van der Waals surface area contributed by atoms with Crippen molar-refractivity contribution in [3.8, 4) is 0 Å². The molecule has 0 saturated carbocycles. The van der Waals surface area contributed by atoms with Crippen molar-refractivity contribution in [1.29, 1.82) is 0 Å². The molecular formula is C13H17ClFN3O2. The van der Waals surface area contributed by atoms with Crippen molar-refractivity contribution >= 4 is 23.3 Å². The maximum atomic E-state index is 14.0. The van der Waals surface area contributed by atoms with Crippen LogP contribution in [0.5, 0.6) is 0 Å². The second kappa shape index (κ2) is 6.85. The Hall–Kier alpha value is -1.40. The lowest BCUT2D eigenvalue weighted by molar-refractivity contribution is -0.124. The van der Waals surface area contributed by atoms with Gasteiger partial charge in [-0.2, -0.15) is 0 Å². The highest BCUT2D eigenvalue weighted by Gasteiger charge is 2.31. The van der Waals surface area contributed by atoms with Gasteiger partial charge in [0.2, 0.25) is 5.91 Å². The standard InChI is InChI=1S/C13H17ClFN3O2/c1-2-3-16-13(19)11-8-20-5-4-18(11)12-10(15)6-9(14)7-17-12/h6-7,11H,2-5,8H2,1H3,(H,16,19). The third-order valence-corrected chi connectivity index (χ3v) is 3.25. The van der Waals surface area contributed by atoms with Gasteiger partial charge in [0.25, 0.3) is 0 Å². The monoisotopic (exact) mass is 301 g/mol. The van der Waals surface area contributed by atoms with Crippen molar-refractivity contribution in [2.75, 3.05) is 31.2 Å². The minimum Gasteiger partial charge on any atom is -0.377 e. The Balaban J connectivity index is 2.19. The number of ether oxygens (including phenoxy) is 1. The lowest BCUT2D eigenvalue weighted by Crippen LogP contribution is -2.54. The molecule has 0 radical (unpaired) electrons. The van der Waals surface area contributed by atoms with Gasteiger partial charge >= 0.3 is 0 Å². The van der Waals surface area contributed by atoms with Gasteiger partial charge in [-0.3, -0.25) is 4.79 Å². The smallest absolute Gasteiger partial charge is 0.245 e. The van der Waals surface area contributed by atoms with Crippen LogP contribution in [-0.4, -0.2) is 43.2 Å². The Morgan fingerprint density at radius 2 is 2.50 bits per heavy atom. The van der Waals surface area contributed by atoms with Crippen molar-refractivity contribution in [1.82, 2.24) is 10.3 Å². The highest BCUT2D eigenvalue weighted by Crippen LogP contribution is 2.23. The van der Waals surface area contributed by atoms with E-state index in [2.05, 4.69) is 10.3 Å². The molecule has 1 atom stereocenters. The Bertz CT molecular complexity index is 487. The van der Waals surface area contributed by atoms with Crippen LogP contribution in [0.1, 0.15) is 13.3 Å². The van der Waals surface area contributed by atoms with Gasteiger partial charge in [0, 0.05) is 19.3 Å². The molecule has 5 nitrogen and oxygen atoms in total. The number of nitrogens with one attached hydrogen (secondary N) is 1. The molecule has 110 valence electrons. The maximum Gasteiger partial charge on any atom is 0.245 e. The molecule has 2 rings (SSSR count). The summed E-state index contributed by atoms with van der Waals surface area (Å²) in [6, 6.07) is 0.624. The Morgan fingerprint density at radius 1 is 1.70 bits per heavy atom. The fourth-order valence-corrected chi connectivity index (χ4v) is 2.20. The van der Waals surface area contributed by atoms with Gasteiger partial charge in [-0.15, -0.1) is 0 Å². The molecule has 0 aromatic carbocycles. The summed E-state index contributed by atoms with van der Waals surface area (Å²) in [5.41, 5.74) is 0. The van der Waals surface area contributed by atoms with Crippen LogP contribution in [0.15, 0.2) is 12.3 Å². The Labute approximate surface area is 122 Å². The largest absolute Gasteiger partial charge is 0.377 e. The minimum absolute atomic E-state index is 0.134. The van der Waals surface area contributed by atoms with E-state index in [0.29, 0.717) is 19.7 Å². The van der Waals surface area contributed by atoms with Gasteiger partial charge in [0.05, 0.1) is 18.2 Å². The van der Waals surface area contributed by atoms with Gasteiger partial charge in [0.1, 0.15) is 6.04 Å². The van der Waals surface area contributed by atoms with Crippen molar-refractivity contribution in [3.63, 3.8) is 0 Å². The number of morpholine rings is 1. The van der Waals surface area contributed by atoms with Crippen molar-refractivity contribution < 1.29 is 13.9 Å². The highest BCUT2D eigenvalue weighted by molar-refractivity contribution is 6.30. The SMILES string of the molecule is CCCNC(=O)C1COCCN1c1ncc(Cl)cc1F. The number of carbonyl (C=O) groups excluding carboxylic acids is 1. The number of carbonyl (C=O) groups is 1. The van der Waals surface area contributed by atoms with Crippen LogP contribution in [0.4, 0.5) is 10.2 Å². The summed E-state index contributed by atoms with van der Waals surface area (Å²) in [5, 5.41) is 3.02. The quantitative estimate of drug-likeness (QED) is 0.918. The zero-order chi connectivity index (χ0) is 14.5. The highest BCUT2D eigenvalue weighted by atomic mass is 35.5. The summed E-state index contributed by atoms with van der Waals surface area (Å²) in [5.74, 6) is -0.579. The van der Waals surface area contributed by atoms with Gasteiger partial charge < -0.3 is 15.0 Å². The number of halogens is 2. The van der Waals surface area contributed by atoms with Crippen LogP contribution in [0.25, 0.3) is 0 Å². The molecule has 1 N–H and O–H groups in total. The number of pyridine rings is 1. The average molecular weight is 302 g/mol. The van der Waals surface area contributed by atoms with Gasteiger partial charge in [-0.1, -0.05) is 18.5 Å². The molecule has 1 aromatic heterocycles. The summed E-state index contributed by atoms with van der Waals surface area (Å²) in [6.07, 6.45) is 2.21. The van der Waals surface area contributed by atoms with E-state index in [1.807, 2.05) is 6.92 Å². The number of hydrogen-bond donors (Lipinski definition) is 1. The molecule has 1 aliphatic rings. The molecular weight excluding hydrogens is 285 g/mol. The summed E-state index contributed by atoms with van der Waals surface area (Å²) in [4.78, 5) is 17.7. The van der Waals surface area contributed by atoms with Crippen LogP contribution < -0.4 is 10.2 Å². The summed E-state index contributed by atoms with van der Waals surface area (Å²) < 4.78 is 19.3. The lowest BCUT2D eigenvalue weighted by atomic mass is 10.2. The van der Waals surface area contributed by atoms with Crippen LogP contribution in [0.2, 0.25) is 5.02 Å². The predicted molar refractivity (Wildman–Crippen MR) is 74.5 cm³/mol. The van der Waals surface area contributed by atoms with Crippen LogP contribution in [0.3, 0.4) is 0 Å². The van der Waals surface area contributed by atoms with E-state index in [0.717, 1.165) is 6.42 Å². The van der Waals surface area contributed by atoms with Crippen LogP contribution in [-0.2, 0) is 9.53 Å². The molecule has 1 amide bonds. The first-order chi connectivity index (χ1) is 9.63. The molecule has 1 unspecified atom stereocenters. The topological polar surface area (TPSA) is 54.5 Å². The fraction of sp³-hybridized carbons (Fsp3) is 0.538. The predicted octanol–water partition coefficient (Wildman–Crippen LogP) is 1.61. The number of anilines is 1. The van der Waals surface area contributed by atoms with E-state index in [9.17, 15) is 9.18 Å². The number of aromatic nitrogens is 1. The summed E-state index contributed by atoms with van der Waals surface area (Å²) >= 11 is 5.70. The summed E-state index contributed by atoms with van der Waals surface area (Å²) in [7, 11) is 0. The Morgan fingerprint density at radius 3 is 3.20 bits per heavy atom.